The number of H-pyrrole nitrogens is 1. The van der Waals surface area contributed by atoms with E-state index in [1.807, 2.05) is 12.1 Å². The number of fused-ring (bicyclic) bond motifs is 1. The zero-order valence-corrected chi connectivity index (χ0v) is 12.5. The lowest BCUT2D eigenvalue weighted by Gasteiger charge is -2.28. The summed E-state index contributed by atoms with van der Waals surface area (Å²) < 4.78 is 5.37. The smallest absolute Gasteiger partial charge is 0.231 e. The van der Waals surface area contributed by atoms with Gasteiger partial charge < -0.3 is 25.7 Å². The molecule has 2 aromatic heterocycles. The molecular weight excluding hydrogens is 294 g/mol. The number of aromatic amines is 1. The summed E-state index contributed by atoms with van der Waals surface area (Å²) >= 11 is 0. The molecule has 1 aliphatic rings. The van der Waals surface area contributed by atoms with Crippen LogP contribution in [0.4, 0.5) is 23.1 Å². The first-order valence-corrected chi connectivity index (χ1v) is 7.46. The molecule has 3 aromatic rings. The Morgan fingerprint density at radius 2 is 1.91 bits per heavy atom. The molecule has 4 rings (SSSR count). The van der Waals surface area contributed by atoms with E-state index in [2.05, 4.69) is 42.3 Å². The molecule has 0 radical (unpaired) electrons. The maximum atomic E-state index is 5.90. The second-order valence-electron chi connectivity index (χ2n) is 5.30. The maximum absolute atomic E-state index is 5.90. The predicted molar refractivity (Wildman–Crippen MR) is 88.9 cm³/mol. The van der Waals surface area contributed by atoms with Gasteiger partial charge in [0.25, 0.3) is 0 Å². The number of anilines is 4. The Morgan fingerprint density at radius 3 is 2.70 bits per heavy atom. The first kappa shape index (κ1) is 13.8. The molecule has 0 amide bonds. The van der Waals surface area contributed by atoms with Crippen molar-refractivity contribution in [3.63, 3.8) is 0 Å². The first-order valence-electron chi connectivity index (χ1n) is 7.46. The summed E-state index contributed by atoms with van der Waals surface area (Å²) in [5.41, 5.74) is 9.18. The molecule has 8 nitrogen and oxygen atoms in total. The summed E-state index contributed by atoms with van der Waals surface area (Å²) in [7, 11) is 0. The van der Waals surface area contributed by atoms with Crippen LogP contribution in [0.3, 0.4) is 0 Å². The molecule has 1 fully saturated rings. The third-order valence-electron chi connectivity index (χ3n) is 3.81. The number of nitrogens with two attached hydrogens (primary N) is 1. The van der Waals surface area contributed by atoms with Gasteiger partial charge in [-0.25, -0.2) is 4.98 Å². The normalized spacial score (nSPS) is 15.0. The number of imidazole rings is 1. The summed E-state index contributed by atoms with van der Waals surface area (Å²) in [5, 5.41) is 3.16. The van der Waals surface area contributed by atoms with Gasteiger partial charge in [-0.1, -0.05) is 0 Å². The van der Waals surface area contributed by atoms with E-state index in [1.54, 1.807) is 6.33 Å². The molecule has 0 aliphatic carbocycles. The molecule has 0 atom stereocenters. The van der Waals surface area contributed by atoms with Crippen molar-refractivity contribution in [2.45, 2.75) is 0 Å². The lowest BCUT2D eigenvalue weighted by molar-refractivity contribution is 0.122. The minimum atomic E-state index is 0.375. The Kier molecular flexibility index (Phi) is 3.43. The van der Waals surface area contributed by atoms with Crippen molar-refractivity contribution in [1.29, 1.82) is 0 Å². The summed E-state index contributed by atoms with van der Waals surface area (Å²) in [6, 6.07) is 8.15. The highest BCUT2D eigenvalue weighted by atomic mass is 16.5. The molecule has 0 saturated carbocycles. The van der Waals surface area contributed by atoms with Gasteiger partial charge in [-0.05, 0) is 24.3 Å². The minimum Gasteiger partial charge on any atom is -0.382 e. The Hall–Kier alpha value is -2.87. The number of hydrogen-bond acceptors (Lipinski definition) is 7. The van der Waals surface area contributed by atoms with Crippen LogP contribution in [0.25, 0.3) is 11.2 Å². The van der Waals surface area contributed by atoms with Gasteiger partial charge in [0.15, 0.2) is 11.5 Å². The van der Waals surface area contributed by atoms with Crippen LogP contribution >= 0.6 is 0 Å². The van der Waals surface area contributed by atoms with E-state index in [0.29, 0.717) is 22.9 Å². The van der Waals surface area contributed by atoms with Crippen LogP contribution < -0.4 is 16.0 Å². The molecule has 1 aromatic carbocycles. The fourth-order valence-electron chi connectivity index (χ4n) is 2.62. The number of nitrogens with one attached hydrogen (secondary N) is 2. The fourth-order valence-corrected chi connectivity index (χ4v) is 2.62. The van der Waals surface area contributed by atoms with Crippen LogP contribution in [0.2, 0.25) is 0 Å². The molecule has 0 unspecified atom stereocenters. The summed E-state index contributed by atoms with van der Waals surface area (Å²) in [6.07, 6.45) is 1.55. The average molecular weight is 311 g/mol. The largest absolute Gasteiger partial charge is 0.382 e. The summed E-state index contributed by atoms with van der Waals surface area (Å²) in [5.74, 6) is 0.807. The molecule has 1 saturated heterocycles. The zero-order chi connectivity index (χ0) is 15.6. The minimum absolute atomic E-state index is 0.375. The highest BCUT2D eigenvalue weighted by Gasteiger charge is 2.11. The fraction of sp³-hybridized carbons (Fsp3) is 0.267. The lowest BCUT2D eigenvalue weighted by atomic mass is 10.2. The molecule has 4 N–H and O–H groups in total. The molecule has 0 spiro atoms. The molecule has 8 heteroatoms. The van der Waals surface area contributed by atoms with Crippen LogP contribution in [0.1, 0.15) is 0 Å². The van der Waals surface area contributed by atoms with Crippen molar-refractivity contribution in [3.8, 4) is 0 Å². The van der Waals surface area contributed by atoms with E-state index in [4.69, 9.17) is 10.5 Å². The van der Waals surface area contributed by atoms with Gasteiger partial charge in [0.05, 0.1) is 19.5 Å². The van der Waals surface area contributed by atoms with Crippen molar-refractivity contribution in [2.75, 3.05) is 42.3 Å². The van der Waals surface area contributed by atoms with Gasteiger partial charge in [0.1, 0.15) is 5.52 Å². The van der Waals surface area contributed by atoms with E-state index in [-0.39, 0.29) is 0 Å². The predicted octanol–water partition coefficient (Wildman–Crippen LogP) is 1.52. The number of nitrogen functional groups attached to an aromatic ring is 1. The van der Waals surface area contributed by atoms with Crippen molar-refractivity contribution in [1.82, 2.24) is 19.9 Å². The van der Waals surface area contributed by atoms with Crippen molar-refractivity contribution in [3.05, 3.63) is 30.6 Å². The Balaban J connectivity index is 1.53. The van der Waals surface area contributed by atoms with Crippen molar-refractivity contribution >= 4 is 34.3 Å². The SMILES string of the molecule is Nc1nc(Nc2ccc(N3CCOCC3)cc2)nc2nc[nH]c12. The van der Waals surface area contributed by atoms with Crippen LogP contribution in [-0.4, -0.2) is 46.2 Å². The number of morpholine rings is 1. The van der Waals surface area contributed by atoms with Crippen LogP contribution in [0.15, 0.2) is 30.6 Å². The average Bonchev–Trinajstić information content (AvgIpc) is 3.05. The van der Waals surface area contributed by atoms with Gasteiger partial charge in [0, 0.05) is 24.5 Å². The molecule has 0 bridgehead atoms. The van der Waals surface area contributed by atoms with Gasteiger partial charge in [-0.3, -0.25) is 0 Å². The number of benzene rings is 1. The Labute approximate surface area is 132 Å². The Morgan fingerprint density at radius 1 is 1.13 bits per heavy atom. The molecule has 1 aliphatic heterocycles. The first-order chi connectivity index (χ1) is 11.3. The van der Waals surface area contributed by atoms with Crippen LogP contribution in [-0.2, 0) is 4.74 Å². The molecular formula is C15H17N7O. The molecule has 3 heterocycles. The second kappa shape index (κ2) is 5.73. The lowest BCUT2D eigenvalue weighted by Crippen LogP contribution is -2.36. The van der Waals surface area contributed by atoms with Gasteiger partial charge in [0.2, 0.25) is 5.95 Å². The highest BCUT2D eigenvalue weighted by Crippen LogP contribution is 2.22. The Bertz CT molecular complexity index is 808. The standard InChI is InChI=1S/C15H17N7O/c16-13-12-14(18-9-17-12)21-15(20-13)19-10-1-3-11(4-2-10)22-5-7-23-8-6-22/h1-4,9H,5-8H2,(H4,16,17,18,19,20,21). The number of hydrogen-bond donors (Lipinski definition) is 3. The van der Waals surface area contributed by atoms with Crippen molar-refractivity contribution < 1.29 is 4.74 Å². The molecule has 23 heavy (non-hydrogen) atoms. The summed E-state index contributed by atoms with van der Waals surface area (Å²) in [4.78, 5) is 17.9. The second-order valence-corrected chi connectivity index (χ2v) is 5.30. The highest BCUT2D eigenvalue weighted by molar-refractivity contribution is 5.82. The number of ether oxygens (including phenoxy) is 1. The summed E-state index contributed by atoms with van der Waals surface area (Å²) in [6.45, 7) is 3.39. The molecule has 118 valence electrons. The number of rotatable bonds is 3. The topological polar surface area (TPSA) is 105 Å². The van der Waals surface area contributed by atoms with Crippen molar-refractivity contribution in [2.24, 2.45) is 0 Å². The monoisotopic (exact) mass is 311 g/mol. The maximum Gasteiger partial charge on any atom is 0.231 e. The number of nitrogens with zero attached hydrogens (tertiary/aromatic N) is 4. The zero-order valence-electron chi connectivity index (χ0n) is 12.5. The van der Waals surface area contributed by atoms with Gasteiger partial charge in [-0.2, -0.15) is 9.97 Å². The van der Waals surface area contributed by atoms with Crippen LogP contribution in [0.5, 0.6) is 0 Å². The van der Waals surface area contributed by atoms with E-state index < -0.39 is 0 Å². The third-order valence-corrected chi connectivity index (χ3v) is 3.81. The van der Waals surface area contributed by atoms with E-state index in [0.717, 1.165) is 32.0 Å². The number of aromatic nitrogens is 4. The van der Waals surface area contributed by atoms with Gasteiger partial charge >= 0.3 is 0 Å². The van der Waals surface area contributed by atoms with E-state index in [1.165, 1.54) is 5.69 Å². The third kappa shape index (κ3) is 2.76. The van der Waals surface area contributed by atoms with E-state index in [9.17, 15) is 0 Å². The van der Waals surface area contributed by atoms with E-state index >= 15 is 0 Å². The van der Waals surface area contributed by atoms with Gasteiger partial charge in [-0.15, -0.1) is 0 Å². The van der Waals surface area contributed by atoms with Crippen LogP contribution in [0, 0.1) is 0 Å². The quantitative estimate of drug-likeness (QED) is 0.673.